The second kappa shape index (κ2) is 8.57. The molecule has 0 atom stereocenters. The molecule has 0 heterocycles. The minimum Gasteiger partial charge on any atom is -0.493 e. The van der Waals surface area contributed by atoms with E-state index in [1.807, 2.05) is 0 Å². The summed E-state index contributed by atoms with van der Waals surface area (Å²) in [4.78, 5) is 12.7. The lowest BCUT2D eigenvalue weighted by Gasteiger charge is -2.14. The van der Waals surface area contributed by atoms with Gasteiger partial charge in [-0.3, -0.25) is 4.79 Å². The molecule has 0 fully saturated rings. The predicted molar refractivity (Wildman–Crippen MR) is 92.4 cm³/mol. The monoisotopic (exact) mass is 369 g/mol. The second-order valence-electron chi connectivity index (χ2n) is 4.77. The number of rotatable bonds is 7. The van der Waals surface area contributed by atoms with E-state index in [-0.39, 0.29) is 5.91 Å². The zero-order valence-electron chi connectivity index (χ0n) is 13.8. The fraction of sp³-hybridized carbons (Fsp3) is 0.235. The number of carbonyl (C=O) groups excluding carboxylic acids is 1. The molecule has 0 unspecified atom stereocenters. The van der Waals surface area contributed by atoms with E-state index >= 15 is 0 Å². The number of carbonyl (C=O) groups is 1. The van der Waals surface area contributed by atoms with Gasteiger partial charge in [-0.2, -0.15) is 8.78 Å². The van der Waals surface area contributed by atoms with Crippen LogP contribution in [0, 0.1) is 0 Å². The lowest BCUT2D eigenvalue weighted by molar-refractivity contribution is 0.102. The predicted octanol–water partition coefficient (Wildman–Crippen LogP) is 4.28. The van der Waals surface area contributed by atoms with Gasteiger partial charge in [0.15, 0.2) is 11.5 Å². The summed E-state index contributed by atoms with van der Waals surface area (Å²) in [5.74, 6) is -1.67. The summed E-state index contributed by atoms with van der Waals surface area (Å²) in [7, 11) is 4.43. The Morgan fingerprint density at radius 1 is 1.00 bits per heavy atom. The molecule has 1 N–H and O–H groups in total. The van der Waals surface area contributed by atoms with Gasteiger partial charge in [0, 0.05) is 28.3 Å². The number of hydrogen-bond donors (Lipinski definition) is 1. The first-order valence-corrected chi connectivity index (χ1v) is 8.02. The highest BCUT2D eigenvalue weighted by Crippen LogP contribution is 2.40. The Morgan fingerprint density at radius 3 is 2.00 bits per heavy atom. The fourth-order valence-corrected chi connectivity index (χ4v) is 2.64. The Morgan fingerprint density at radius 2 is 1.56 bits per heavy atom. The molecule has 134 valence electrons. The zero-order valence-corrected chi connectivity index (χ0v) is 14.7. The Hall–Kier alpha value is -2.48. The lowest BCUT2D eigenvalue weighted by Crippen LogP contribution is -2.12. The molecular weight excluding hydrogens is 352 g/mol. The molecule has 1 amide bonds. The molecule has 0 aliphatic carbocycles. The third-order valence-electron chi connectivity index (χ3n) is 3.26. The molecule has 0 spiro atoms. The molecule has 2 rings (SSSR count). The molecule has 0 bridgehead atoms. The number of thioether (sulfide) groups is 1. The van der Waals surface area contributed by atoms with Crippen molar-refractivity contribution in [2.75, 3.05) is 26.6 Å². The molecule has 2 aromatic carbocycles. The van der Waals surface area contributed by atoms with Gasteiger partial charge in [0.1, 0.15) is 0 Å². The van der Waals surface area contributed by atoms with Crippen molar-refractivity contribution in [1.82, 2.24) is 0 Å². The van der Waals surface area contributed by atoms with Crippen LogP contribution < -0.4 is 19.5 Å². The summed E-state index contributed by atoms with van der Waals surface area (Å²) in [5, 5.41) is 2.71. The number of benzene rings is 2. The van der Waals surface area contributed by atoms with E-state index in [9.17, 15) is 13.6 Å². The van der Waals surface area contributed by atoms with Crippen LogP contribution in [0.5, 0.6) is 17.2 Å². The quantitative estimate of drug-likeness (QED) is 0.739. The van der Waals surface area contributed by atoms with E-state index in [0.717, 1.165) is 0 Å². The van der Waals surface area contributed by atoms with Crippen molar-refractivity contribution < 1.29 is 27.8 Å². The summed E-state index contributed by atoms with van der Waals surface area (Å²) in [6.45, 7) is 0. The summed E-state index contributed by atoms with van der Waals surface area (Å²) in [6, 6.07) is 9.11. The second-order valence-corrected chi connectivity index (χ2v) is 5.83. The number of nitrogens with one attached hydrogen (secondary N) is 1. The van der Waals surface area contributed by atoms with Gasteiger partial charge in [0.25, 0.3) is 11.7 Å². The Balaban J connectivity index is 2.19. The molecule has 0 saturated carbocycles. The average molecular weight is 369 g/mol. The average Bonchev–Trinajstić information content (AvgIpc) is 2.60. The van der Waals surface area contributed by atoms with Gasteiger partial charge in [-0.25, -0.2) is 0 Å². The SMILES string of the molecule is COc1cc(NC(=O)c2ccc(SC(F)F)cc2)cc(OC)c1OC. The van der Waals surface area contributed by atoms with Gasteiger partial charge in [-0.05, 0) is 24.3 Å². The van der Waals surface area contributed by atoms with Crippen molar-refractivity contribution in [3.8, 4) is 17.2 Å². The fourth-order valence-electron chi connectivity index (χ4n) is 2.14. The third-order valence-corrected chi connectivity index (χ3v) is 3.99. The topological polar surface area (TPSA) is 56.8 Å². The highest BCUT2D eigenvalue weighted by Gasteiger charge is 2.15. The van der Waals surface area contributed by atoms with Gasteiger partial charge < -0.3 is 19.5 Å². The van der Waals surface area contributed by atoms with Crippen molar-refractivity contribution in [1.29, 1.82) is 0 Å². The van der Waals surface area contributed by atoms with Crippen LogP contribution in [-0.2, 0) is 0 Å². The zero-order chi connectivity index (χ0) is 18.4. The van der Waals surface area contributed by atoms with E-state index in [1.165, 1.54) is 45.6 Å². The number of halogens is 2. The smallest absolute Gasteiger partial charge is 0.288 e. The Bertz CT molecular complexity index is 713. The van der Waals surface area contributed by atoms with Gasteiger partial charge in [-0.1, -0.05) is 11.8 Å². The molecule has 0 aliphatic rings. The van der Waals surface area contributed by atoms with Crippen LogP contribution in [0.2, 0.25) is 0 Å². The molecule has 5 nitrogen and oxygen atoms in total. The number of methoxy groups -OCH3 is 3. The van der Waals surface area contributed by atoms with Gasteiger partial charge in [0.2, 0.25) is 5.75 Å². The van der Waals surface area contributed by atoms with Crippen LogP contribution in [0.1, 0.15) is 10.4 Å². The maximum Gasteiger partial charge on any atom is 0.288 e. The van der Waals surface area contributed by atoms with Crippen molar-refractivity contribution in [2.45, 2.75) is 10.7 Å². The van der Waals surface area contributed by atoms with E-state index < -0.39 is 5.76 Å². The van der Waals surface area contributed by atoms with Crippen LogP contribution in [0.3, 0.4) is 0 Å². The molecule has 0 radical (unpaired) electrons. The summed E-state index contributed by atoms with van der Waals surface area (Å²) < 4.78 is 40.3. The Kier molecular flexibility index (Phi) is 6.46. The highest BCUT2D eigenvalue weighted by molar-refractivity contribution is 7.99. The Labute approximate surface area is 148 Å². The standard InChI is InChI=1S/C17H17F2NO4S/c1-22-13-8-11(9-14(23-2)15(13)24-3)20-16(21)10-4-6-12(7-5-10)25-17(18)19/h4-9,17H,1-3H3,(H,20,21). The molecule has 25 heavy (non-hydrogen) atoms. The summed E-state index contributed by atoms with van der Waals surface area (Å²) >= 11 is 0.425. The third kappa shape index (κ3) is 4.76. The van der Waals surface area contributed by atoms with Crippen LogP contribution in [0.4, 0.5) is 14.5 Å². The number of alkyl halides is 2. The maximum atomic E-state index is 12.3. The van der Waals surface area contributed by atoms with Gasteiger partial charge in [0.05, 0.1) is 21.3 Å². The number of ether oxygens (including phenoxy) is 3. The van der Waals surface area contributed by atoms with E-state index in [1.54, 1.807) is 12.1 Å². The van der Waals surface area contributed by atoms with Crippen molar-refractivity contribution in [2.24, 2.45) is 0 Å². The van der Waals surface area contributed by atoms with Crippen LogP contribution in [0.25, 0.3) is 0 Å². The first kappa shape index (κ1) is 18.9. The van der Waals surface area contributed by atoms with Gasteiger partial charge in [-0.15, -0.1) is 0 Å². The largest absolute Gasteiger partial charge is 0.493 e. The molecule has 2 aromatic rings. The van der Waals surface area contributed by atoms with E-state index in [2.05, 4.69) is 5.32 Å². The normalized spacial score (nSPS) is 10.5. The van der Waals surface area contributed by atoms with E-state index in [0.29, 0.717) is 45.2 Å². The van der Waals surface area contributed by atoms with Crippen molar-refractivity contribution >= 4 is 23.4 Å². The first-order chi connectivity index (χ1) is 12.0. The molecule has 0 aliphatic heterocycles. The van der Waals surface area contributed by atoms with Crippen LogP contribution in [-0.4, -0.2) is 33.0 Å². The lowest BCUT2D eigenvalue weighted by atomic mass is 10.2. The number of hydrogen-bond acceptors (Lipinski definition) is 5. The van der Waals surface area contributed by atoms with Gasteiger partial charge >= 0.3 is 0 Å². The minimum atomic E-state index is -2.50. The maximum absolute atomic E-state index is 12.3. The molecule has 0 saturated heterocycles. The van der Waals surface area contributed by atoms with Crippen molar-refractivity contribution in [3.63, 3.8) is 0 Å². The number of anilines is 1. The molecule has 0 aromatic heterocycles. The molecule has 8 heteroatoms. The van der Waals surface area contributed by atoms with Crippen LogP contribution in [0.15, 0.2) is 41.3 Å². The number of amides is 1. The minimum absolute atomic E-state index is 0.340. The summed E-state index contributed by atoms with van der Waals surface area (Å²) in [6.07, 6.45) is 0. The van der Waals surface area contributed by atoms with Crippen LogP contribution >= 0.6 is 11.8 Å². The summed E-state index contributed by atoms with van der Waals surface area (Å²) in [5.41, 5.74) is 0.790. The van der Waals surface area contributed by atoms with E-state index in [4.69, 9.17) is 14.2 Å². The van der Waals surface area contributed by atoms with Crippen molar-refractivity contribution in [3.05, 3.63) is 42.0 Å². The first-order valence-electron chi connectivity index (χ1n) is 7.14. The highest BCUT2D eigenvalue weighted by atomic mass is 32.2. The molecular formula is C17H17F2NO4S.